The zero-order valence-electron chi connectivity index (χ0n) is 10.7. The van der Waals surface area contributed by atoms with Crippen LogP contribution in [0.15, 0.2) is 24.5 Å². The van der Waals surface area contributed by atoms with Gasteiger partial charge in [0.05, 0.1) is 12.8 Å². The summed E-state index contributed by atoms with van der Waals surface area (Å²) in [6.45, 7) is 1.14. The molecule has 1 N–H and O–H groups in total. The molecule has 1 aliphatic heterocycles. The second-order valence-corrected chi connectivity index (χ2v) is 4.89. The summed E-state index contributed by atoms with van der Waals surface area (Å²) >= 11 is 0. The summed E-state index contributed by atoms with van der Waals surface area (Å²) in [5, 5.41) is 3.56. The number of pyridine rings is 1. The van der Waals surface area contributed by atoms with Crippen LogP contribution in [0.25, 0.3) is 5.65 Å². The number of nitrogens with zero attached hydrogens (tertiary/aromatic N) is 2. The third-order valence-corrected chi connectivity index (χ3v) is 3.58. The van der Waals surface area contributed by atoms with Crippen LogP contribution in [0, 0.1) is 0 Å². The Kier molecular flexibility index (Phi) is 3.19. The fourth-order valence-electron chi connectivity index (χ4n) is 2.65. The average molecular weight is 245 g/mol. The molecule has 2 aromatic rings. The molecule has 18 heavy (non-hydrogen) atoms. The minimum absolute atomic E-state index is 0.578. The van der Waals surface area contributed by atoms with Crippen LogP contribution in [0.5, 0.6) is 5.75 Å². The van der Waals surface area contributed by atoms with Crippen molar-refractivity contribution < 1.29 is 4.74 Å². The first kappa shape index (κ1) is 11.5. The van der Waals surface area contributed by atoms with E-state index in [1.807, 2.05) is 22.7 Å². The van der Waals surface area contributed by atoms with Gasteiger partial charge in [0.15, 0.2) is 11.4 Å². The van der Waals surface area contributed by atoms with Gasteiger partial charge in [0, 0.05) is 24.9 Å². The molecule has 0 saturated carbocycles. The maximum absolute atomic E-state index is 5.33. The molecule has 0 bridgehead atoms. The summed E-state index contributed by atoms with van der Waals surface area (Å²) in [5.41, 5.74) is 2.05. The van der Waals surface area contributed by atoms with E-state index < -0.39 is 0 Å². The molecule has 3 heterocycles. The smallest absolute Gasteiger partial charge is 0.179 e. The van der Waals surface area contributed by atoms with Crippen LogP contribution in [0.3, 0.4) is 0 Å². The van der Waals surface area contributed by atoms with Crippen LogP contribution < -0.4 is 10.1 Å². The van der Waals surface area contributed by atoms with Crippen molar-refractivity contribution in [1.29, 1.82) is 0 Å². The molecule has 4 nitrogen and oxygen atoms in total. The highest BCUT2D eigenvalue weighted by Gasteiger charge is 2.15. The Balaban J connectivity index is 1.84. The van der Waals surface area contributed by atoms with Crippen LogP contribution in [-0.2, 0) is 6.42 Å². The van der Waals surface area contributed by atoms with E-state index in [9.17, 15) is 0 Å². The quantitative estimate of drug-likeness (QED) is 0.899. The molecule has 0 spiro atoms. The predicted molar refractivity (Wildman–Crippen MR) is 71.1 cm³/mol. The van der Waals surface area contributed by atoms with Crippen molar-refractivity contribution in [2.45, 2.75) is 31.7 Å². The summed E-state index contributed by atoms with van der Waals surface area (Å²) < 4.78 is 7.37. The van der Waals surface area contributed by atoms with E-state index in [2.05, 4.69) is 16.5 Å². The highest BCUT2D eigenvalue weighted by atomic mass is 16.5. The molecule has 1 aliphatic rings. The van der Waals surface area contributed by atoms with E-state index >= 15 is 0 Å². The number of aromatic nitrogens is 2. The lowest BCUT2D eigenvalue weighted by atomic mass is 10.0. The van der Waals surface area contributed by atoms with Crippen molar-refractivity contribution in [2.24, 2.45) is 0 Å². The third-order valence-electron chi connectivity index (χ3n) is 3.58. The molecule has 1 fully saturated rings. The highest BCUT2D eigenvalue weighted by Crippen LogP contribution is 2.20. The van der Waals surface area contributed by atoms with Crippen LogP contribution in [0.4, 0.5) is 0 Å². The van der Waals surface area contributed by atoms with E-state index in [4.69, 9.17) is 4.74 Å². The van der Waals surface area contributed by atoms with Gasteiger partial charge in [-0.05, 0) is 31.5 Å². The van der Waals surface area contributed by atoms with Gasteiger partial charge in [0.2, 0.25) is 0 Å². The molecule has 0 unspecified atom stereocenters. The fourth-order valence-corrected chi connectivity index (χ4v) is 2.65. The molecule has 0 radical (unpaired) electrons. The molecule has 2 aromatic heterocycles. The molecule has 0 aromatic carbocycles. The number of ether oxygens (including phenoxy) is 1. The van der Waals surface area contributed by atoms with Crippen molar-refractivity contribution in [3.63, 3.8) is 0 Å². The van der Waals surface area contributed by atoms with Crippen LogP contribution in [0.1, 0.15) is 25.0 Å². The van der Waals surface area contributed by atoms with Gasteiger partial charge in [0.1, 0.15) is 0 Å². The van der Waals surface area contributed by atoms with Crippen LogP contribution in [0.2, 0.25) is 0 Å². The lowest BCUT2D eigenvalue weighted by Gasteiger charge is -2.22. The zero-order valence-corrected chi connectivity index (χ0v) is 10.7. The molecular formula is C14H19N3O. The molecule has 1 saturated heterocycles. The fraction of sp³-hybridized carbons (Fsp3) is 0.500. The van der Waals surface area contributed by atoms with Gasteiger partial charge in [-0.15, -0.1) is 0 Å². The second kappa shape index (κ2) is 4.98. The van der Waals surface area contributed by atoms with E-state index in [1.54, 1.807) is 7.11 Å². The second-order valence-electron chi connectivity index (χ2n) is 4.89. The monoisotopic (exact) mass is 245 g/mol. The van der Waals surface area contributed by atoms with Crippen molar-refractivity contribution >= 4 is 5.65 Å². The van der Waals surface area contributed by atoms with Gasteiger partial charge in [-0.25, -0.2) is 4.98 Å². The summed E-state index contributed by atoms with van der Waals surface area (Å²) in [6.07, 6.45) is 9.01. The topological polar surface area (TPSA) is 38.6 Å². The van der Waals surface area contributed by atoms with Crippen LogP contribution >= 0.6 is 0 Å². The summed E-state index contributed by atoms with van der Waals surface area (Å²) in [5.74, 6) is 0.834. The summed E-state index contributed by atoms with van der Waals surface area (Å²) in [4.78, 5) is 4.68. The first-order valence-corrected chi connectivity index (χ1v) is 6.61. The normalized spacial score (nSPS) is 20.2. The SMILES string of the molecule is COc1cccn2cc(C[C@@H]3CCCCN3)nc12. The van der Waals surface area contributed by atoms with Crippen LogP contribution in [-0.4, -0.2) is 29.1 Å². The third kappa shape index (κ3) is 2.20. The standard InChI is InChI=1S/C14H19N3O/c1-18-13-6-4-8-17-10-12(16-14(13)17)9-11-5-2-3-7-15-11/h4,6,8,10-11,15H,2-3,5,7,9H2,1H3/t11-/m0/s1. The maximum atomic E-state index is 5.33. The van der Waals surface area contributed by atoms with Gasteiger partial charge in [0.25, 0.3) is 0 Å². The largest absolute Gasteiger partial charge is 0.493 e. The zero-order chi connectivity index (χ0) is 12.4. The minimum Gasteiger partial charge on any atom is -0.493 e. The number of hydrogen-bond acceptors (Lipinski definition) is 3. The number of hydrogen-bond donors (Lipinski definition) is 1. The number of rotatable bonds is 3. The minimum atomic E-state index is 0.578. The lowest BCUT2D eigenvalue weighted by Crippen LogP contribution is -2.35. The van der Waals surface area contributed by atoms with Crippen molar-refractivity contribution in [3.8, 4) is 5.75 Å². The molecule has 4 heteroatoms. The number of methoxy groups -OCH3 is 1. The van der Waals surface area contributed by atoms with E-state index in [0.29, 0.717) is 6.04 Å². The highest BCUT2D eigenvalue weighted by molar-refractivity contribution is 5.54. The molecular weight excluding hydrogens is 226 g/mol. The summed E-state index contributed by atoms with van der Waals surface area (Å²) in [6, 6.07) is 4.51. The molecule has 96 valence electrons. The Morgan fingerprint density at radius 3 is 3.22 bits per heavy atom. The van der Waals surface area contributed by atoms with E-state index in [0.717, 1.165) is 30.1 Å². The van der Waals surface area contributed by atoms with Crippen molar-refractivity contribution in [1.82, 2.24) is 14.7 Å². The van der Waals surface area contributed by atoms with E-state index in [-0.39, 0.29) is 0 Å². The Morgan fingerprint density at radius 1 is 1.50 bits per heavy atom. The first-order chi connectivity index (χ1) is 8.86. The summed E-state index contributed by atoms with van der Waals surface area (Å²) in [7, 11) is 1.69. The molecule has 3 rings (SSSR count). The Bertz CT molecular complexity index is 529. The number of fused-ring (bicyclic) bond motifs is 1. The van der Waals surface area contributed by atoms with Gasteiger partial charge in [-0.3, -0.25) is 0 Å². The number of nitrogens with one attached hydrogen (secondary N) is 1. The number of imidazole rings is 1. The Labute approximate surface area is 107 Å². The Morgan fingerprint density at radius 2 is 2.44 bits per heavy atom. The maximum Gasteiger partial charge on any atom is 0.179 e. The van der Waals surface area contributed by atoms with Crippen molar-refractivity contribution in [2.75, 3.05) is 13.7 Å². The lowest BCUT2D eigenvalue weighted by molar-refractivity contribution is 0.397. The van der Waals surface area contributed by atoms with E-state index in [1.165, 1.54) is 19.3 Å². The molecule has 1 atom stereocenters. The van der Waals surface area contributed by atoms with Gasteiger partial charge in [-0.2, -0.15) is 0 Å². The Hall–Kier alpha value is -1.55. The predicted octanol–water partition coefficient (Wildman–Crippen LogP) is 2.03. The van der Waals surface area contributed by atoms with Gasteiger partial charge in [-0.1, -0.05) is 6.42 Å². The molecule has 0 amide bonds. The van der Waals surface area contributed by atoms with Gasteiger partial charge >= 0.3 is 0 Å². The first-order valence-electron chi connectivity index (χ1n) is 6.61. The van der Waals surface area contributed by atoms with Crippen molar-refractivity contribution in [3.05, 3.63) is 30.2 Å². The molecule has 0 aliphatic carbocycles. The number of piperidine rings is 1. The average Bonchev–Trinajstić information content (AvgIpc) is 2.82. The van der Waals surface area contributed by atoms with Gasteiger partial charge < -0.3 is 14.5 Å².